The maximum absolute atomic E-state index is 11.5. The van der Waals surface area contributed by atoms with Gasteiger partial charge >= 0.3 is 5.97 Å². The van der Waals surface area contributed by atoms with Crippen LogP contribution >= 0.6 is 0 Å². The minimum Gasteiger partial charge on any atom is -0.454 e. The molecule has 0 aromatic heterocycles. The fourth-order valence-electron chi connectivity index (χ4n) is 0.952. The summed E-state index contributed by atoms with van der Waals surface area (Å²) in [5.74, 6) is -0.546. The van der Waals surface area contributed by atoms with Gasteiger partial charge in [-0.25, -0.2) is 4.79 Å². The van der Waals surface area contributed by atoms with Crippen molar-refractivity contribution in [1.29, 1.82) is 0 Å². The summed E-state index contributed by atoms with van der Waals surface area (Å²) < 4.78 is 4.87. The SMILES string of the molecule is CC(C)(COC(=O)c1ccccc1)[N+](=O)[O-]. The predicted molar refractivity (Wildman–Crippen MR) is 57.8 cm³/mol. The van der Waals surface area contributed by atoms with Gasteiger partial charge in [0.1, 0.15) is 0 Å². The van der Waals surface area contributed by atoms with Crippen LogP contribution in [0.3, 0.4) is 0 Å². The van der Waals surface area contributed by atoms with E-state index in [9.17, 15) is 14.9 Å². The van der Waals surface area contributed by atoms with E-state index in [4.69, 9.17) is 4.74 Å². The molecule has 0 N–H and O–H groups in total. The van der Waals surface area contributed by atoms with Crippen molar-refractivity contribution in [3.8, 4) is 0 Å². The molecule has 5 heteroatoms. The second kappa shape index (κ2) is 4.74. The summed E-state index contributed by atoms with van der Waals surface area (Å²) in [6.45, 7) is 2.57. The molecular weight excluding hydrogens is 210 g/mol. The lowest BCUT2D eigenvalue weighted by Gasteiger charge is -2.15. The van der Waals surface area contributed by atoms with E-state index in [0.29, 0.717) is 5.56 Å². The zero-order valence-electron chi connectivity index (χ0n) is 9.17. The van der Waals surface area contributed by atoms with E-state index in [0.717, 1.165) is 0 Å². The molecular formula is C11H13NO4. The van der Waals surface area contributed by atoms with Gasteiger partial charge in [0.25, 0.3) is 0 Å². The number of nitro groups is 1. The first kappa shape index (κ1) is 12.2. The number of rotatable bonds is 4. The van der Waals surface area contributed by atoms with Crippen LogP contribution < -0.4 is 0 Å². The Bertz CT molecular complexity index is 386. The fourth-order valence-corrected chi connectivity index (χ4v) is 0.952. The zero-order chi connectivity index (χ0) is 12.2. The van der Waals surface area contributed by atoms with Gasteiger partial charge in [0, 0.05) is 18.8 Å². The molecule has 1 aromatic carbocycles. The normalized spacial score (nSPS) is 10.9. The quantitative estimate of drug-likeness (QED) is 0.444. The second-order valence-corrected chi connectivity index (χ2v) is 4.01. The lowest BCUT2D eigenvalue weighted by molar-refractivity contribution is -0.563. The summed E-state index contributed by atoms with van der Waals surface area (Å²) in [5.41, 5.74) is -0.869. The maximum Gasteiger partial charge on any atom is 0.338 e. The summed E-state index contributed by atoms with van der Waals surface area (Å²) in [5, 5.41) is 10.6. The van der Waals surface area contributed by atoms with E-state index in [1.165, 1.54) is 13.8 Å². The maximum atomic E-state index is 11.5. The molecule has 0 aliphatic rings. The van der Waals surface area contributed by atoms with Crippen molar-refractivity contribution < 1.29 is 14.5 Å². The van der Waals surface area contributed by atoms with E-state index < -0.39 is 16.4 Å². The Labute approximate surface area is 93.2 Å². The molecule has 0 radical (unpaired) electrons. The summed E-state index contributed by atoms with van der Waals surface area (Å²) in [6, 6.07) is 8.38. The van der Waals surface area contributed by atoms with Crippen LogP contribution in [-0.2, 0) is 4.74 Å². The molecule has 0 heterocycles. The number of hydrogen-bond acceptors (Lipinski definition) is 4. The smallest absolute Gasteiger partial charge is 0.338 e. The Morgan fingerprint density at radius 2 is 1.94 bits per heavy atom. The number of hydrogen-bond donors (Lipinski definition) is 0. The Morgan fingerprint density at radius 1 is 1.38 bits per heavy atom. The molecule has 0 unspecified atom stereocenters. The number of ether oxygens (including phenoxy) is 1. The van der Waals surface area contributed by atoms with Crippen molar-refractivity contribution in [3.63, 3.8) is 0 Å². The van der Waals surface area contributed by atoms with E-state index in [-0.39, 0.29) is 6.61 Å². The average molecular weight is 223 g/mol. The molecule has 0 aliphatic heterocycles. The summed E-state index contributed by atoms with van der Waals surface area (Å²) >= 11 is 0. The molecule has 0 saturated heterocycles. The minimum absolute atomic E-state index is 0.242. The van der Waals surface area contributed by atoms with E-state index in [2.05, 4.69) is 0 Å². The molecule has 0 aliphatic carbocycles. The van der Waals surface area contributed by atoms with Gasteiger partial charge in [-0.2, -0.15) is 0 Å². The van der Waals surface area contributed by atoms with Crippen molar-refractivity contribution >= 4 is 5.97 Å². The third-order valence-electron chi connectivity index (χ3n) is 2.06. The minimum atomic E-state index is -1.26. The van der Waals surface area contributed by atoms with Gasteiger partial charge in [0.05, 0.1) is 5.56 Å². The molecule has 0 fully saturated rings. The van der Waals surface area contributed by atoms with E-state index >= 15 is 0 Å². The highest BCUT2D eigenvalue weighted by Crippen LogP contribution is 2.10. The predicted octanol–water partition coefficient (Wildman–Crippen LogP) is 1.90. The molecule has 5 nitrogen and oxygen atoms in total. The van der Waals surface area contributed by atoms with Crippen molar-refractivity contribution in [3.05, 3.63) is 46.0 Å². The molecule has 0 amide bonds. The lowest BCUT2D eigenvalue weighted by atomic mass is 10.1. The largest absolute Gasteiger partial charge is 0.454 e. The first-order valence-electron chi connectivity index (χ1n) is 4.80. The molecule has 0 spiro atoms. The molecule has 0 saturated carbocycles. The molecule has 0 atom stereocenters. The highest BCUT2D eigenvalue weighted by atomic mass is 16.6. The molecule has 1 rings (SSSR count). The standard InChI is InChI=1S/C11H13NO4/c1-11(2,12(14)15)8-16-10(13)9-6-4-3-5-7-9/h3-7H,8H2,1-2H3. The van der Waals surface area contributed by atoms with Crippen molar-refractivity contribution in [2.24, 2.45) is 0 Å². The molecule has 86 valence electrons. The van der Waals surface area contributed by atoms with Gasteiger partial charge in [-0.15, -0.1) is 0 Å². The third-order valence-corrected chi connectivity index (χ3v) is 2.06. The van der Waals surface area contributed by atoms with Crippen LogP contribution in [0.4, 0.5) is 0 Å². The first-order chi connectivity index (χ1) is 7.43. The number of carbonyl (C=O) groups is 1. The van der Waals surface area contributed by atoms with Gasteiger partial charge in [0.15, 0.2) is 6.61 Å². The van der Waals surface area contributed by atoms with E-state index in [1.807, 2.05) is 0 Å². The summed E-state index contributed by atoms with van der Waals surface area (Å²) in [4.78, 5) is 21.6. The van der Waals surface area contributed by atoms with Crippen LogP contribution in [0.2, 0.25) is 0 Å². The molecule has 16 heavy (non-hydrogen) atoms. The van der Waals surface area contributed by atoms with Gasteiger partial charge in [0.2, 0.25) is 5.54 Å². The van der Waals surface area contributed by atoms with Crippen LogP contribution in [0, 0.1) is 10.1 Å². The monoisotopic (exact) mass is 223 g/mol. The van der Waals surface area contributed by atoms with Gasteiger partial charge < -0.3 is 4.74 Å². The van der Waals surface area contributed by atoms with E-state index in [1.54, 1.807) is 30.3 Å². The third kappa shape index (κ3) is 3.05. The Balaban J connectivity index is 2.58. The summed E-state index contributed by atoms with van der Waals surface area (Å²) in [7, 11) is 0. The van der Waals surface area contributed by atoms with Crippen molar-refractivity contribution in [2.75, 3.05) is 6.61 Å². The highest BCUT2D eigenvalue weighted by Gasteiger charge is 2.32. The van der Waals surface area contributed by atoms with Gasteiger partial charge in [-0.3, -0.25) is 10.1 Å². The van der Waals surface area contributed by atoms with Crippen LogP contribution in [0.5, 0.6) is 0 Å². The summed E-state index contributed by atoms with van der Waals surface area (Å²) in [6.07, 6.45) is 0. The Morgan fingerprint density at radius 3 is 2.44 bits per heavy atom. The number of carbonyl (C=O) groups excluding carboxylic acids is 1. The van der Waals surface area contributed by atoms with Crippen molar-refractivity contribution in [1.82, 2.24) is 0 Å². The second-order valence-electron chi connectivity index (χ2n) is 4.01. The Hall–Kier alpha value is -1.91. The zero-order valence-corrected chi connectivity index (χ0v) is 9.17. The van der Waals surface area contributed by atoms with Crippen LogP contribution in [0.25, 0.3) is 0 Å². The van der Waals surface area contributed by atoms with Crippen LogP contribution in [-0.4, -0.2) is 23.0 Å². The first-order valence-corrected chi connectivity index (χ1v) is 4.80. The fraction of sp³-hybridized carbons (Fsp3) is 0.364. The molecule has 1 aromatic rings. The number of nitrogens with zero attached hydrogens (tertiary/aromatic N) is 1. The lowest BCUT2D eigenvalue weighted by Crippen LogP contribution is -2.37. The topological polar surface area (TPSA) is 69.4 Å². The average Bonchev–Trinajstić information content (AvgIpc) is 2.27. The highest BCUT2D eigenvalue weighted by molar-refractivity contribution is 5.89. The van der Waals surface area contributed by atoms with Gasteiger partial charge in [-0.1, -0.05) is 18.2 Å². The van der Waals surface area contributed by atoms with Crippen LogP contribution in [0.15, 0.2) is 30.3 Å². The van der Waals surface area contributed by atoms with Crippen LogP contribution in [0.1, 0.15) is 24.2 Å². The van der Waals surface area contributed by atoms with Gasteiger partial charge in [-0.05, 0) is 12.1 Å². The van der Waals surface area contributed by atoms with Crippen molar-refractivity contribution in [2.45, 2.75) is 19.4 Å². The Kier molecular flexibility index (Phi) is 3.60. The molecule has 0 bridgehead atoms. The number of benzene rings is 1. The number of esters is 1.